The molecule has 0 aliphatic heterocycles. The van der Waals surface area contributed by atoms with E-state index < -0.39 is 5.97 Å². The molecule has 104 valence electrons. The van der Waals surface area contributed by atoms with Gasteiger partial charge in [-0.25, -0.2) is 4.79 Å². The Morgan fingerprint density at radius 3 is 2.45 bits per heavy atom. The van der Waals surface area contributed by atoms with Crippen molar-refractivity contribution >= 4 is 11.7 Å². The molecule has 0 bridgehead atoms. The summed E-state index contributed by atoms with van der Waals surface area (Å²) in [6.45, 7) is 3.96. The molecule has 0 saturated heterocycles. The number of carbonyl (C=O) groups is 1. The number of rotatable bonds is 3. The van der Waals surface area contributed by atoms with E-state index in [0.717, 1.165) is 16.9 Å². The summed E-state index contributed by atoms with van der Waals surface area (Å²) < 4.78 is 10.5. The molecular weight excluding hydrogens is 254 g/mol. The third-order valence-corrected chi connectivity index (χ3v) is 2.99. The third kappa shape index (κ3) is 2.91. The van der Waals surface area contributed by atoms with Crippen LogP contribution < -0.4 is 10.5 Å². The molecule has 0 atom stereocenters. The van der Waals surface area contributed by atoms with Gasteiger partial charge in [-0.3, -0.25) is 0 Å². The molecule has 0 fully saturated rings. The number of aryl methyl sites for hydroxylation is 2. The van der Waals surface area contributed by atoms with Crippen molar-refractivity contribution in [3.05, 3.63) is 53.1 Å². The lowest BCUT2D eigenvalue weighted by Crippen LogP contribution is -2.03. The first-order valence-corrected chi connectivity index (χ1v) is 6.24. The van der Waals surface area contributed by atoms with Crippen LogP contribution in [0.25, 0.3) is 0 Å². The number of anilines is 1. The molecule has 2 N–H and O–H groups in total. The summed E-state index contributed by atoms with van der Waals surface area (Å²) >= 11 is 0. The van der Waals surface area contributed by atoms with Crippen molar-refractivity contribution in [3.8, 4) is 11.5 Å². The van der Waals surface area contributed by atoms with E-state index in [2.05, 4.69) is 4.74 Å². The van der Waals surface area contributed by atoms with Crippen LogP contribution in [0.3, 0.4) is 0 Å². The van der Waals surface area contributed by atoms with Gasteiger partial charge in [0.2, 0.25) is 0 Å². The molecule has 0 aliphatic rings. The van der Waals surface area contributed by atoms with E-state index in [0.29, 0.717) is 17.0 Å². The third-order valence-electron chi connectivity index (χ3n) is 2.99. The van der Waals surface area contributed by atoms with Crippen LogP contribution in [0.1, 0.15) is 21.5 Å². The predicted octanol–water partition coefficient (Wildman–Crippen LogP) is 3.46. The number of hydrogen-bond donors (Lipinski definition) is 1. The molecule has 0 radical (unpaired) electrons. The van der Waals surface area contributed by atoms with Crippen LogP contribution in [0, 0.1) is 13.8 Å². The Labute approximate surface area is 118 Å². The van der Waals surface area contributed by atoms with Crippen molar-refractivity contribution in [2.75, 3.05) is 12.8 Å². The molecule has 4 heteroatoms. The summed E-state index contributed by atoms with van der Waals surface area (Å²) in [7, 11) is 1.33. The van der Waals surface area contributed by atoms with Crippen LogP contribution in [0.5, 0.6) is 11.5 Å². The van der Waals surface area contributed by atoms with Gasteiger partial charge in [0, 0.05) is 0 Å². The summed E-state index contributed by atoms with van der Waals surface area (Å²) in [5.41, 5.74) is 8.84. The van der Waals surface area contributed by atoms with Crippen molar-refractivity contribution in [2.24, 2.45) is 0 Å². The quantitative estimate of drug-likeness (QED) is 0.686. The maximum Gasteiger partial charge on any atom is 0.337 e. The Balaban J connectivity index is 2.30. The average Bonchev–Trinajstić information content (AvgIpc) is 2.44. The molecule has 0 aliphatic carbocycles. The maximum absolute atomic E-state index is 11.4. The van der Waals surface area contributed by atoms with E-state index in [1.165, 1.54) is 7.11 Å². The van der Waals surface area contributed by atoms with E-state index in [9.17, 15) is 4.79 Å². The summed E-state index contributed by atoms with van der Waals surface area (Å²) in [6, 6.07) is 10.8. The first-order chi connectivity index (χ1) is 9.51. The molecular formula is C16H17NO3. The maximum atomic E-state index is 11.4. The van der Waals surface area contributed by atoms with Crippen molar-refractivity contribution in [2.45, 2.75) is 13.8 Å². The van der Waals surface area contributed by atoms with Gasteiger partial charge in [0.25, 0.3) is 0 Å². The first-order valence-electron chi connectivity index (χ1n) is 6.24. The zero-order valence-corrected chi connectivity index (χ0v) is 11.8. The Hall–Kier alpha value is -2.49. The molecule has 0 unspecified atom stereocenters. The molecule has 4 nitrogen and oxygen atoms in total. The van der Waals surface area contributed by atoms with E-state index in [4.69, 9.17) is 10.5 Å². The van der Waals surface area contributed by atoms with Crippen LogP contribution in [-0.2, 0) is 4.74 Å². The van der Waals surface area contributed by atoms with Crippen molar-refractivity contribution < 1.29 is 14.3 Å². The molecule has 2 aromatic carbocycles. The second-order valence-corrected chi connectivity index (χ2v) is 4.62. The summed E-state index contributed by atoms with van der Waals surface area (Å²) in [4.78, 5) is 11.4. The minimum atomic E-state index is -0.421. The minimum Gasteiger partial charge on any atom is -0.465 e. The number of hydrogen-bond acceptors (Lipinski definition) is 4. The second kappa shape index (κ2) is 5.65. The fourth-order valence-electron chi connectivity index (χ4n) is 1.82. The summed E-state index contributed by atoms with van der Waals surface area (Å²) in [5, 5.41) is 0. The van der Waals surface area contributed by atoms with Gasteiger partial charge < -0.3 is 15.2 Å². The predicted molar refractivity (Wildman–Crippen MR) is 78.2 cm³/mol. The van der Waals surface area contributed by atoms with Crippen molar-refractivity contribution in [1.82, 2.24) is 0 Å². The molecule has 0 amide bonds. The minimum absolute atomic E-state index is 0.397. The first kappa shape index (κ1) is 13.9. The molecule has 0 aromatic heterocycles. The monoisotopic (exact) mass is 271 g/mol. The van der Waals surface area contributed by atoms with Gasteiger partial charge in [0.1, 0.15) is 11.5 Å². The number of benzene rings is 2. The highest BCUT2D eigenvalue weighted by atomic mass is 16.5. The number of ether oxygens (including phenoxy) is 2. The van der Waals surface area contributed by atoms with Crippen molar-refractivity contribution in [3.63, 3.8) is 0 Å². The van der Waals surface area contributed by atoms with Gasteiger partial charge in [-0.1, -0.05) is 12.1 Å². The Kier molecular flexibility index (Phi) is 3.94. The topological polar surface area (TPSA) is 61.5 Å². The molecule has 0 saturated carbocycles. The van der Waals surface area contributed by atoms with Gasteiger partial charge in [-0.15, -0.1) is 0 Å². The highest BCUT2D eigenvalue weighted by molar-refractivity contribution is 5.90. The number of methoxy groups -OCH3 is 1. The van der Waals surface area contributed by atoms with E-state index >= 15 is 0 Å². The number of nitrogen functional groups attached to an aromatic ring is 1. The Morgan fingerprint density at radius 2 is 1.80 bits per heavy atom. The molecule has 20 heavy (non-hydrogen) atoms. The Bertz CT molecular complexity index is 650. The zero-order valence-electron chi connectivity index (χ0n) is 11.8. The standard InChI is InChI=1S/C16H17NO3/c1-10-4-5-11(2)15(8-10)20-14-7-6-12(9-13(14)17)16(18)19-3/h4-9H,17H2,1-3H3. The number of nitrogens with two attached hydrogens (primary N) is 1. The Morgan fingerprint density at radius 1 is 1.05 bits per heavy atom. The SMILES string of the molecule is COC(=O)c1ccc(Oc2cc(C)ccc2C)c(N)c1. The van der Waals surface area contributed by atoms with Crippen molar-refractivity contribution in [1.29, 1.82) is 0 Å². The summed E-state index contributed by atoms with van der Waals surface area (Å²) in [6.07, 6.45) is 0. The second-order valence-electron chi connectivity index (χ2n) is 4.62. The zero-order chi connectivity index (χ0) is 14.7. The van der Waals surface area contributed by atoms with Crippen LogP contribution >= 0.6 is 0 Å². The number of carbonyl (C=O) groups excluding carboxylic acids is 1. The highest BCUT2D eigenvalue weighted by Crippen LogP contribution is 2.30. The fourth-order valence-corrected chi connectivity index (χ4v) is 1.82. The average molecular weight is 271 g/mol. The molecule has 0 heterocycles. The van der Waals surface area contributed by atoms with Gasteiger partial charge in [-0.05, 0) is 49.2 Å². The molecule has 0 spiro atoms. The van der Waals surface area contributed by atoms with E-state index in [1.54, 1.807) is 18.2 Å². The smallest absolute Gasteiger partial charge is 0.337 e. The van der Waals surface area contributed by atoms with Gasteiger partial charge in [0.15, 0.2) is 0 Å². The van der Waals surface area contributed by atoms with Crippen LogP contribution in [0.15, 0.2) is 36.4 Å². The molecule has 2 rings (SSSR count). The van der Waals surface area contributed by atoms with Crippen LogP contribution in [0.4, 0.5) is 5.69 Å². The largest absolute Gasteiger partial charge is 0.465 e. The normalized spacial score (nSPS) is 10.2. The lowest BCUT2D eigenvalue weighted by atomic mass is 10.1. The fraction of sp³-hybridized carbons (Fsp3) is 0.188. The molecule has 2 aromatic rings. The lowest BCUT2D eigenvalue weighted by molar-refractivity contribution is 0.0601. The highest BCUT2D eigenvalue weighted by Gasteiger charge is 2.10. The van der Waals surface area contributed by atoms with E-state index in [1.807, 2.05) is 32.0 Å². The number of esters is 1. The van der Waals surface area contributed by atoms with Gasteiger partial charge >= 0.3 is 5.97 Å². The van der Waals surface area contributed by atoms with Crippen LogP contribution in [-0.4, -0.2) is 13.1 Å². The van der Waals surface area contributed by atoms with E-state index in [-0.39, 0.29) is 0 Å². The lowest BCUT2D eigenvalue weighted by Gasteiger charge is -2.12. The summed E-state index contributed by atoms with van der Waals surface area (Å²) in [5.74, 6) is 0.851. The van der Waals surface area contributed by atoms with Gasteiger partial charge in [0.05, 0.1) is 18.4 Å². The van der Waals surface area contributed by atoms with Gasteiger partial charge in [-0.2, -0.15) is 0 Å². The van der Waals surface area contributed by atoms with Crippen LogP contribution in [0.2, 0.25) is 0 Å².